The molecule has 1 aliphatic carbocycles. The minimum atomic E-state index is -4.57. The number of fused-ring (bicyclic) bond motifs is 2. The Labute approximate surface area is 184 Å². The Morgan fingerprint density at radius 3 is 2.47 bits per heavy atom. The normalized spacial score (nSPS) is 15.3. The predicted octanol–water partition coefficient (Wildman–Crippen LogP) is 3.79. The monoisotopic (exact) mass is 482 g/mol. The molecule has 0 radical (unpaired) electrons. The second kappa shape index (κ2) is 6.93. The van der Waals surface area contributed by atoms with Crippen LogP contribution in [0.2, 0.25) is 0 Å². The van der Waals surface area contributed by atoms with E-state index in [1.165, 1.54) is 36.1 Å². The molecule has 0 spiro atoms. The highest BCUT2D eigenvalue weighted by Gasteiger charge is 2.33. The lowest BCUT2D eigenvalue weighted by atomic mass is 10.2. The Morgan fingerprint density at radius 1 is 1.12 bits per heavy atom. The minimum Gasteiger partial charge on any atom is -0.310 e. The molecule has 168 valence electrons. The summed E-state index contributed by atoms with van der Waals surface area (Å²) in [4.78, 5) is 17.8. The number of imidazole rings is 1. The van der Waals surface area contributed by atoms with Crippen molar-refractivity contribution >= 4 is 42.9 Å². The van der Waals surface area contributed by atoms with E-state index in [9.17, 15) is 21.6 Å². The summed E-state index contributed by atoms with van der Waals surface area (Å²) in [7, 11) is 0.404. The summed E-state index contributed by atoms with van der Waals surface area (Å²) in [6.45, 7) is 0. The number of thiazole rings is 1. The van der Waals surface area contributed by atoms with Crippen LogP contribution in [-0.2, 0) is 23.2 Å². The predicted molar refractivity (Wildman–Crippen MR) is 113 cm³/mol. The minimum absolute atomic E-state index is 0.00426. The van der Waals surface area contributed by atoms with E-state index < -0.39 is 21.8 Å². The Morgan fingerprint density at radius 2 is 1.84 bits per heavy atom. The number of halogens is 3. The van der Waals surface area contributed by atoms with Crippen LogP contribution in [0.5, 0.6) is 0 Å². The van der Waals surface area contributed by atoms with Crippen molar-refractivity contribution in [3.8, 4) is 11.5 Å². The van der Waals surface area contributed by atoms with Crippen molar-refractivity contribution < 1.29 is 21.6 Å². The second-order valence-electron chi connectivity index (χ2n) is 7.83. The number of pyridine rings is 2. The van der Waals surface area contributed by atoms with Crippen molar-refractivity contribution in [3.63, 3.8) is 0 Å². The van der Waals surface area contributed by atoms with Gasteiger partial charge in [0.25, 0.3) is 0 Å². The van der Waals surface area contributed by atoms with Crippen LogP contribution in [0.15, 0.2) is 23.2 Å². The zero-order valence-electron chi connectivity index (χ0n) is 17.2. The van der Waals surface area contributed by atoms with Gasteiger partial charge >= 0.3 is 6.18 Å². The van der Waals surface area contributed by atoms with Crippen molar-refractivity contribution in [3.05, 3.63) is 28.9 Å². The van der Waals surface area contributed by atoms with Gasteiger partial charge in [-0.3, -0.25) is 0 Å². The average molecular weight is 483 g/mol. The molecule has 0 aliphatic heterocycles. The molecule has 0 bridgehead atoms. The van der Waals surface area contributed by atoms with Gasteiger partial charge < -0.3 is 4.57 Å². The van der Waals surface area contributed by atoms with Crippen molar-refractivity contribution in [2.24, 2.45) is 7.05 Å². The molecule has 13 heteroatoms. The van der Waals surface area contributed by atoms with E-state index in [1.807, 2.05) is 0 Å². The number of aryl methyl sites for hydroxylation is 1. The first-order chi connectivity index (χ1) is 15.0. The third kappa shape index (κ3) is 3.35. The number of hydrogen-bond acceptors (Lipinski definition) is 7. The highest BCUT2D eigenvalue weighted by Crippen LogP contribution is 2.44. The van der Waals surface area contributed by atoms with E-state index >= 15 is 0 Å². The average Bonchev–Trinajstić information content (AvgIpc) is 3.40. The number of sulfonamides is 1. The molecular weight excluding hydrogens is 465 g/mol. The quantitative estimate of drug-likeness (QED) is 0.439. The maximum Gasteiger partial charge on any atom is 0.417 e. The van der Waals surface area contributed by atoms with Crippen LogP contribution in [0.4, 0.5) is 13.2 Å². The lowest BCUT2D eigenvalue weighted by Crippen LogP contribution is -2.23. The summed E-state index contributed by atoms with van der Waals surface area (Å²) in [5, 5.41) is 0.902. The topological polar surface area (TPSA) is 93.9 Å². The number of hydrogen-bond donors (Lipinski definition) is 0. The Bertz CT molecular complexity index is 1490. The highest BCUT2D eigenvalue weighted by molar-refractivity contribution is 7.89. The summed E-state index contributed by atoms with van der Waals surface area (Å²) in [6.07, 6.45) is -1.77. The van der Waals surface area contributed by atoms with Gasteiger partial charge in [0.2, 0.25) is 10.0 Å². The Balaban J connectivity index is 1.78. The van der Waals surface area contributed by atoms with Gasteiger partial charge in [-0.25, -0.2) is 32.7 Å². The zero-order chi connectivity index (χ0) is 23.0. The molecule has 0 N–H and O–H groups in total. The van der Waals surface area contributed by atoms with Crippen LogP contribution in [-0.4, -0.2) is 51.3 Å². The van der Waals surface area contributed by atoms with Gasteiger partial charge in [0.15, 0.2) is 11.5 Å². The fraction of sp³-hybridized carbons (Fsp3) is 0.368. The molecule has 8 nitrogen and oxygen atoms in total. The maximum atomic E-state index is 13.1. The fourth-order valence-corrected chi connectivity index (χ4v) is 5.49. The Kier molecular flexibility index (Phi) is 4.59. The van der Waals surface area contributed by atoms with Gasteiger partial charge in [0.05, 0.1) is 10.6 Å². The van der Waals surface area contributed by atoms with Gasteiger partial charge in [-0.1, -0.05) is 11.3 Å². The smallest absolute Gasteiger partial charge is 0.310 e. The summed E-state index contributed by atoms with van der Waals surface area (Å²) in [6, 6.07) is 2.35. The molecule has 4 aromatic rings. The molecule has 4 heterocycles. The van der Waals surface area contributed by atoms with Crippen molar-refractivity contribution in [1.29, 1.82) is 0 Å². The van der Waals surface area contributed by atoms with Crippen LogP contribution < -0.4 is 0 Å². The molecular formula is C19H17F3N6O2S2. The van der Waals surface area contributed by atoms with Gasteiger partial charge in [0.1, 0.15) is 26.5 Å². The first-order valence-corrected chi connectivity index (χ1v) is 11.9. The third-order valence-electron chi connectivity index (χ3n) is 5.30. The summed E-state index contributed by atoms with van der Waals surface area (Å²) < 4.78 is 68.1. The van der Waals surface area contributed by atoms with Gasteiger partial charge in [-0.2, -0.15) is 13.2 Å². The van der Waals surface area contributed by atoms with Crippen LogP contribution in [0.25, 0.3) is 33.0 Å². The van der Waals surface area contributed by atoms with Crippen molar-refractivity contribution in [2.45, 2.75) is 29.8 Å². The number of nitrogens with zero attached hydrogens (tertiary/aromatic N) is 6. The van der Waals surface area contributed by atoms with Crippen LogP contribution in [0.1, 0.15) is 29.3 Å². The lowest BCUT2D eigenvalue weighted by Gasteiger charge is -2.14. The molecule has 4 aromatic heterocycles. The first kappa shape index (κ1) is 21.2. The third-order valence-corrected chi connectivity index (χ3v) is 8.25. The molecule has 0 saturated heterocycles. The van der Waals surface area contributed by atoms with Crippen LogP contribution in [0, 0.1) is 0 Å². The lowest BCUT2D eigenvalue weighted by molar-refractivity contribution is -0.137. The van der Waals surface area contributed by atoms with E-state index in [0.717, 1.165) is 34.4 Å². The number of alkyl halides is 3. The van der Waals surface area contributed by atoms with Gasteiger partial charge in [0, 0.05) is 33.3 Å². The maximum absolute atomic E-state index is 13.1. The SMILES string of the molecule is CN(C)S(=O)(=O)c1cc2nc(C3CC3)sc2nc1-c1nc2cc(C(F)(F)F)cnc2n1C. The van der Waals surface area contributed by atoms with Crippen LogP contribution >= 0.6 is 11.3 Å². The molecule has 0 aromatic carbocycles. The zero-order valence-corrected chi connectivity index (χ0v) is 18.8. The van der Waals surface area contributed by atoms with Crippen molar-refractivity contribution in [1.82, 2.24) is 28.8 Å². The molecule has 0 unspecified atom stereocenters. The molecule has 32 heavy (non-hydrogen) atoms. The van der Waals surface area contributed by atoms with Crippen LogP contribution in [0.3, 0.4) is 0 Å². The Hall–Kier alpha value is -2.64. The van der Waals surface area contributed by atoms with E-state index in [4.69, 9.17) is 0 Å². The number of aromatic nitrogens is 5. The summed E-state index contributed by atoms with van der Waals surface area (Å²) >= 11 is 1.39. The highest BCUT2D eigenvalue weighted by atomic mass is 32.2. The van der Waals surface area contributed by atoms with E-state index in [0.29, 0.717) is 16.3 Å². The first-order valence-electron chi connectivity index (χ1n) is 9.61. The standard InChI is InChI=1S/C19H17F3N6O2S2/c1-27(2)32(29,30)13-7-12-18(31-17(25-12)9-4-5-9)26-14(13)16-24-11-6-10(19(20,21)22)8-23-15(11)28(16)3/h6-9H,4-5H2,1-3H3. The summed E-state index contributed by atoms with van der Waals surface area (Å²) in [5.41, 5.74) is -0.235. The van der Waals surface area contributed by atoms with Crippen molar-refractivity contribution in [2.75, 3.05) is 14.1 Å². The van der Waals surface area contributed by atoms with E-state index in [2.05, 4.69) is 19.9 Å². The second-order valence-corrected chi connectivity index (χ2v) is 11.0. The molecule has 1 saturated carbocycles. The molecule has 1 fully saturated rings. The number of rotatable bonds is 4. The van der Waals surface area contributed by atoms with Gasteiger partial charge in [-0.05, 0) is 25.0 Å². The van der Waals surface area contributed by atoms with E-state index in [-0.39, 0.29) is 27.6 Å². The van der Waals surface area contributed by atoms with Gasteiger partial charge in [-0.15, -0.1) is 0 Å². The summed E-state index contributed by atoms with van der Waals surface area (Å²) in [5.74, 6) is 0.475. The molecule has 5 rings (SSSR count). The van der Waals surface area contributed by atoms with E-state index in [1.54, 1.807) is 7.05 Å². The largest absolute Gasteiger partial charge is 0.417 e. The molecule has 0 amide bonds. The fourth-order valence-electron chi connectivity index (χ4n) is 3.37. The molecule has 1 aliphatic rings. The molecule has 0 atom stereocenters.